The van der Waals surface area contributed by atoms with E-state index in [1.807, 2.05) is 37.4 Å². The van der Waals surface area contributed by atoms with E-state index in [2.05, 4.69) is 39.9 Å². The molecule has 1 aliphatic rings. The Labute approximate surface area is 173 Å². The monoisotopic (exact) mass is 465 g/mol. The fourth-order valence-electron chi connectivity index (χ4n) is 2.60. The van der Waals surface area contributed by atoms with Crippen LogP contribution in [0.2, 0.25) is 0 Å². The summed E-state index contributed by atoms with van der Waals surface area (Å²) in [7, 11) is 1.82. The van der Waals surface area contributed by atoms with E-state index < -0.39 is 0 Å². The Morgan fingerprint density at radius 3 is 2.38 bits per heavy atom. The van der Waals surface area contributed by atoms with Crippen molar-refractivity contribution >= 4 is 29.9 Å². The van der Waals surface area contributed by atoms with E-state index in [1.54, 1.807) is 0 Å². The van der Waals surface area contributed by atoms with Crippen LogP contribution in [0, 0.1) is 5.92 Å². The van der Waals surface area contributed by atoms with Gasteiger partial charge in [-0.2, -0.15) is 0 Å². The molecule has 2 aromatic carbocycles. The number of halogens is 1. The molecule has 0 unspecified atom stereocenters. The Hall–Kier alpha value is -1.76. The summed E-state index contributed by atoms with van der Waals surface area (Å²) in [5.41, 5.74) is 2.47. The van der Waals surface area contributed by atoms with Gasteiger partial charge < -0.3 is 15.4 Å². The zero-order valence-electron chi connectivity index (χ0n) is 15.3. The van der Waals surface area contributed by atoms with Crippen molar-refractivity contribution < 1.29 is 4.74 Å². The first-order chi connectivity index (χ1) is 12.3. The van der Waals surface area contributed by atoms with Crippen LogP contribution in [0.25, 0.3) is 0 Å². The number of hydrogen-bond donors (Lipinski definition) is 2. The highest BCUT2D eigenvalue weighted by molar-refractivity contribution is 14.0. The molecule has 1 saturated carbocycles. The summed E-state index contributed by atoms with van der Waals surface area (Å²) in [5, 5.41) is 6.75. The van der Waals surface area contributed by atoms with Gasteiger partial charge in [-0.05, 0) is 48.4 Å². The van der Waals surface area contributed by atoms with Gasteiger partial charge in [0.15, 0.2) is 5.96 Å². The highest BCUT2D eigenvalue weighted by Crippen LogP contribution is 2.27. The predicted octanol–water partition coefficient (Wildman–Crippen LogP) is 4.00. The molecular weight excluding hydrogens is 437 g/mol. The Balaban J connectivity index is 0.00000243. The first kappa shape index (κ1) is 20.6. The maximum atomic E-state index is 5.82. The number of aliphatic imine (C=N–C) groups is 1. The van der Waals surface area contributed by atoms with Crippen molar-refractivity contribution in [1.29, 1.82) is 0 Å². The molecule has 140 valence electrons. The summed E-state index contributed by atoms with van der Waals surface area (Å²) >= 11 is 0. The Morgan fingerprint density at radius 2 is 1.73 bits per heavy atom. The van der Waals surface area contributed by atoms with E-state index in [0.717, 1.165) is 37.1 Å². The topological polar surface area (TPSA) is 45.7 Å². The van der Waals surface area contributed by atoms with Crippen molar-refractivity contribution in [2.75, 3.05) is 20.1 Å². The first-order valence-corrected chi connectivity index (χ1v) is 9.03. The zero-order valence-corrected chi connectivity index (χ0v) is 17.6. The molecule has 0 amide bonds. The van der Waals surface area contributed by atoms with Gasteiger partial charge >= 0.3 is 0 Å². The molecule has 0 aliphatic heterocycles. The van der Waals surface area contributed by atoms with E-state index in [-0.39, 0.29) is 24.0 Å². The quantitative estimate of drug-likeness (QED) is 0.352. The molecule has 0 heterocycles. The molecule has 0 spiro atoms. The van der Waals surface area contributed by atoms with Crippen LogP contribution in [-0.4, -0.2) is 26.1 Å². The SMILES string of the molecule is CN=C(NCCc1ccc(OCc2ccccc2)cc1)NCC1CC1.I. The largest absolute Gasteiger partial charge is 0.489 e. The van der Waals surface area contributed by atoms with E-state index in [9.17, 15) is 0 Å². The van der Waals surface area contributed by atoms with E-state index >= 15 is 0 Å². The summed E-state index contributed by atoms with van der Waals surface area (Å²) in [4.78, 5) is 4.26. The highest BCUT2D eigenvalue weighted by atomic mass is 127. The lowest BCUT2D eigenvalue weighted by atomic mass is 10.1. The number of hydrogen-bond acceptors (Lipinski definition) is 2. The van der Waals surface area contributed by atoms with Gasteiger partial charge in [0.05, 0.1) is 0 Å². The van der Waals surface area contributed by atoms with Crippen LogP contribution < -0.4 is 15.4 Å². The van der Waals surface area contributed by atoms with Gasteiger partial charge in [-0.15, -0.1) is 24.0 Å². The first-order valence-electron chi connectivity index (χ1n) is 9.03. The molecule has 1 aliphatic carbocycles. The average molecular weight is 465 g/mol. The van der Waals surface area contributed by atoms with Gasteiger partial charge in [0.1, 0.15) is 12.4 Å². The van der Waals surface area contributed by atoms with E-state index in [1.165, 1.54) is 24.0 Å². The fourth-order valence-corrected chi connectivity index (χ4v) is 2.60. The average Bonchev–Trinajstić information content (AvgIpc) is 3.49. The van der Waals surface area contributed by atoms with Gasteiger partial charge in [-0.25, -0.2) is 0 Å². The molecule has 4 nitrogen and oxygen atoms in total. The summed E-state index contributed by atoms with van der Waals surface area (Å²) in [6.07, 6.45) is 3.66. The van der Waals surface area contributed by atoms with Crippen molar-refractivity contribution in [3.05, 3.63) is 65.7 Å². The van der Waals surface area contributed by atoms with Crippen LogP contribution in [0.3, 0.4) is 0 Å². The minimum atomic E-state index is 0. The predicted molar refractivity (Wildman–Crippen MR) is 118 cm³/mol. The lowest BCUT2D eigenvalue weighted by Gasteiger charge is -2.12. The second kappa shape index (κ2) is 11.1. The van der Waals surface area contributed by atoms with Crippen LogP contribution >= 0.6 is 24.0 Å². The Morgan fingerprint density at radius 1 is 1.00 bits per heavy atom. The number of guanidine groups is 1. The van der Waals surface area contributed by atoms with Crippen LogP contribution in [-0.2, 0) is 13.0 Å². The van der Waals surface area contributed by atoms with Crippen molar-refractivity contribution in [1.82, 2.24) is 10.6 Å². The molecule has 2 N–H and O–H groups in total. The lowest BCUT2D eigenvalue weighted by Crippen LogP contribution is -2.39. The van der Waals surface area contributed by atoms with Gasteiger partial charge in [-0.1, -0.05) is 42.5 Å². The molecule has 0 saturated heterocycles. The van der Waals surface area contributed by atoms with E-state index in [0.29, 0.717) is 6.61 Å². The molecule has 26 heavy (non-hydrogen) atoms. The maximum absolute atomic E-state index is 5.82. The normalized spacial score (nSPS) is 13.7. The second-order valence-corrected chi connectivity index (χ2v) is 6.49. The van der Waals surface area contributed by atoms with E-state index in [4.69, 9.17) is 4.74 Å². The summed E-state index contributed by atoms with van der Waals surface area (Å²) < 4.78 is 5.82. The second-order valence-electron chi connectivity index (χ2n) is 6.49. The number of nitrogens with one attached hydrogen (secondary N) is 2. The summed E-state index contributed by atoms with van der Waals surface area (Å²) in [6, 6.07) is 18.6. The standard InChI is InChI=1S/C21H27N3O.HI/c1-22-21(24-15-18-7-8-18)23-14-13-17-9-11-20(12-10-17)25-16-19-5-3-2-4-6-19;/h2-6,9-12,18H,7-8,13-16H2,1H3,(H2,22,23,24);1H. The van der Waals surface area contributed by atoms with Crippen molar-refractivity contribution in [3.63, 3.8) is 0 Å². The molecule has 3 rings (SSSR count). The molecule has 0 aromatic heterocycles. The summed E-state index contributed by atoms with van der Waals surface area (Å²) in [6.45, 7) is 2.51. The number of ether oxygens (including phenoxy) is 1. The molecule has 0 bridgehead atoms. The molecule has 2 aromatic rings. The van der Waals surface area contributed by atoms with Gasteiger partial charge in [0, 0.05) is 20.1 Å². The number of nitrogens with zero attached hydrogens (tertiary/aromatic N) is 1. The van der Waals surface area contributed by atoms with Crippen LogP contribution in [0.15, 0.2) is 59.6 Å². The molecule has 5 heteroatoms. The van der Waals surface area contributed by atoms with Crippen LogP contribution in [0.5, 0.6) is 5.75 Å². The third kappa shape index (κ3) is 7.23. The van der Waals surface area contributed by atoms with Crippen molar-refractivity contribution in [3.8, 4) is 5.75 Å². The smallest absolute Gasteiger partial charge is 0.190 e. The minimum absolute atomic E-state index is 0. The van der Waals surface area contributed by atoms with Crippen LogP contribution in [0.1, 0.15) is 24.0 Å². The zero-order chi connectivity index (χ0) is 17.3. The lowest BCUT2D eigenvalue weighted by molar-refractivity contribution is 0.306. The molecule has 0 atom stereocenters. The molecule has 0 radical (unpaired) electrons. The number of benzene rings is 2. The molecular formula is C21H28IN3O. The molecule has 1 fully saturated rings. The van der Waals surface area contributed by atoms with Gasteiger partial charge in [0.25, 0.3) is 0 Å². The van der Waals surface area contributed by atoms with Crippen molar-refractivity contribution in [2.45, 2.75) is 25.9 Å². The summed E-state index contributed by atoms with van der Waals surface area (Å²) in [5.74, 6) is 2.65. The van der Waals surface area contributed by atoms with Crippen LogP contribution in [0.4, 0.5) is 0 Å². The fraction of sp³-hybridized carbons (Fsp3) is 0.381. The number of rotatable bonds is 8. The Bertz CT molecular complexity index is 669. The third-order valence-corrected chi connectivity index (χ3v) is 4.36. The maximum Gasteiger partial charge on any atom is 0.190 e. The Kier molecular flexibility index (Phi) is 8.74. The third-order valence-electron chi connectivity index (χ3n) is 4.36. The minimum Gasteiger partial charge on any atom is -0.489 e. The van der Waals surface area contributed by atoms with Gasteiger partial charge in [-0.3, -0.25) is 4.99 Å². The van der Waals surface area contributed by atoms with Crippen molar-refractivity contribution in [2.24, 2.45) is 10.9 Å². The van der Waals surface area contributed by atoms with Gasteiger partial charge in [0.2, 0.25) is 0 Å². The highest BCUT2D eigenvalue weighted by Gasteiger charge is 2.20.